The third-order valence-electron chi connectivity index (χ3n) is 3.47. The van der Waals surface area contributed by atoms with Crippen LogP contribution in [0.5, 0.6) is 0 Å². The third kappa shape index (κ3) is 6.26. The van der Waals surface area contributed by atoms with Crippen LogP contribution in [0.2, 0.25) is 5.02 Å². The minimum absolute atomic E-state index is 0.170. The Bertz CT molecular complexity index is 884. The quantitative estimate of drug-likeness (QED) is 0.682. The van der Waals surface area contributed by atoms with Gasteiger partial charge in [0.25, 0.3) is 0 Å². The second-order valence-corrected chi connectivity index (χ2v) is 7.64. The van der Waals surface area contributed by atoms with Crippen LogP contribution in [0.25, 0.3) is 0 Å². The molecule has 1 aromatic heterocycles. The fourth-order valence-electron chi connectivity index (χ4n) is 2.14. The first-order chi connectivity index (χ1) is 12.6. The molecule has 0 saturated heterocycles. The van der Waals surface area contributed by atoms with Gasteiger partial charge in [0.1, 0.15) is 5.76 Å². The Morgan fingerprint density at radius 3 is 2.56 bits per heavy atom. The molecule has 27 heavy (non-hydrogen) atoms. The van der Waals surface area contributed by atoms with Crippen molar-refractivity contribution in [3.05, 3.63) is 52.9 Å². The fourth-order valence-corrected chi connectivity index (χ4v) is 3.42. The number of alkyl halides is 3. The Labute approximate surface area is 158 Å². The second-order valence-electron chi connectivity index (χ2n) is 5.47. The van der Waals surface area contributed by atoms with Gasteiger partial charge in [0.2, 0.25) is 15.9 Å². The van der Waals surface area contributed by atoms with Crippen molar-refractivity contribution >= 4 is 27.5 Å². The molecular weight excluding hydrogens is 409 g/mol. The van der Waals surface area contributed by atoms with Crippen molar-refractivity contribution in [3.63, 3.8) is 0 Å². The first-order valence-corrected chi connectivity index (χ1v) is 9.61. The topological polar surface area (TPSA) is 88.4 Å². The van der Waals surface area contributed by atoms with Crippen LogP contribution in [-0.2, 0) is 27.4 Å². The zero-order chi connectivity index (χ0) is 20.1. The van der Waals surface area contributed by atoms with Gasteiger partial charge < -0.3 is 9.73 Å². The standard InChI is InChI=1S/C16H16ClF3N2O4S/c17-14-4-3-12(10-13(14)16(18,19)20)27(24,25)22-8-6-15(23)21-7-5-11-2-1-9-26-11/h1-4,9-10,22H,5-8H2,(H,21,23). The van der Waals surface area contributed by atoms with Gasteiger partial charge in [-0.15, -0.1) is 0 Å². The van der Waals surface area contributed by atoms with Crippen molar-refractivity contribution in [3.8, 4) is 0 Å². The van der Waals surface area contributed by atoms with Gasteiger partial charge in [-0.05, 0) is 30.3 Å². The summed E-state index contributed by atoms with van der Waals surface area (Å²) in [6.45, 7) is 0.0458. The molecule has 1 heterocycles. The number of amides is 1. The molecule has 2 N–H and O–H groups in total. The Kier molecular flexibility index (Phi) is 6.90. The van der Waals surface area contributed by atoms with E-state index >= 15 is 0 Å². The molecule has 11 heteroatoms. The number of halogens is 4. The average Bonchev–Trinajstić information content (AvgIpc) is 3.07. The monoisotopic (exact) mass is 424 g/mol. The van der Waals surface area contributed by atoms with Crippen LogP contribution in [0.3, 0.4) is 0 Å². The van der Waals surface area contributed by atoms with E-state index in [0.29, 0.717) is 24.8 Å². The highest BCUT2D eigenvalue weighted by atomic mass is 35.5. The molecule has 0 aliphatic rings. The number of nitrogens with one attached hydrogen (secondary N) is 2. The van der Waals surface area contributed by atoms with Gasteiger partial charge in [-0.1, -0.05) is 11.6 Å². The van der Waals surface area contributed by atoms with Gasteiger partial charge in [0.05, 0.1) is 21.7 Å². The van der Waals surface area contributed by atoms with Gasteiger partial charge in [-0.2, -0.15) is 13.2 Å². The first kappa shape index (κ1) is 21.3. The van der Waals surface area contributed by atoms with Crippen molar-refractivity contribution in [2.75, 3.05) is 13.1 Å². The maximum absolute atomic E-state index is 12.8. The largest absolute Gasteiger partial charge is 0.469 e. The Morgan fingerprint density at radius 2 is 1.93 bits per heavy atom. The normalized spacial score (nSPS) is 12.1. The van der Waals surface area contributed by atoms with Crippen LogP contribution >= 0.6 is 11.6 Å². The van der Waals surface area contributed by atoms with E-state index in [-0.39, 0.29) is 13.0 Å². The van der Waals surface area contributed by atoms with E-state index in [1.54, 1.807) is 12.1 Å². The van der Waals surface area contributed by atoms with Crippen LogP contribution in [0.4, 0.5) is 13.2 Å². The van der Waals surface area contributed by atoms with Crippen molar-refractivity contribution in [1.29, 1.82) is 0 Å². The molecule has 0 fully saturated rings. The van der Waals surface area contributed by atoms with E-state index in [0.717, 1.165) is 12.1 Å². The van der Waals surface area contributed by atoms with Crippen molar-refractivity contribution in [1.82, 2.24) is 10.0 Å². The fraction of sp³-hybridized carbons (Fsp3) is 0.312. The molecule has 2 rings (SSSR count). The van der Waals surface area contributed by atoms with Gasteiger partial charge in [-0.3, -0.25) is 4.79 Å². The summed E-state index contributed by atoms with van der Waals surface area (Å²) in [7, 11) is -4.22. The lowest BCUT2D eigenvalue weighted by atomic mass is 10.2. The molecule has 0 saturated carbocycles. The lowest BCUT2D eigenvalue weighted by Gasteiger charge is -2.12. The molecule has 1 aromatic carbocycles. The smallest absolute Gasteiger partial charge is 0.417 e. The lowest BCUT2D eigenvalue weighted by molar-refractivity contribution is -0.137. The van der Waals surface area contributed by atoms with E-state index in [9.17, 15) is 26.4 Å². The molecule has 1 amide bonds. The van der Waals surface area contributed by atoms with Crippen LogP contribution in [0, 0.1) is 0 Å². The highest BCUT2D eigenvalue weighted by Gasteiger charge is 2.34. The van der Waals surface area contributed by atoms with Gasteiger partial charge in [0, 0.05) is 25.9 Å². The number of sulfonamides is 1. The molecule has 0 unspecified atom stereocenters. The molecular formula is C16H16ClF3N2O4S. The average molecular weight is 425 g/mol. The van der Waals surface area contributed by atoms with E-state index in [1.807, 2.05) is 0 Å². The molecule has 6 nitrogen and oxygen atoms in total. The summed E-state index contributed by atoms with van der Waals surface area (Å²) in [5.41, 5.74) is -1.25. The molecule has 0 atom stereocenters. The Hall–Kier alpha value is -2.04. The molecule has 148 valence electrons. The lowest BCUT2D eigenvalue weighted by Crippen LogP contribution is -2.31. The maximum Gasteiger partial charge on any atom is 0.417 e. The summed E-state index contributed by atoms with van der Waals surface area (Å²) in [6.07, 6.45) is -2.96. The summed E-state index contributed by atoms with van der Waals surface area (Å²) >= 11 is 5.47. The number of benzene rings is 1. The molecule has 0 radical (unpaired) electrons. The minimum atomic E-state index is -4.78. The van der Waals surface area contributed by atoms with Crippen molar-refractivity contribution in [2.45, 2.75) is 23.9 Å². The van der Waals surface area contributed by atoms with Gasteiger partial charge in [0.15, 0.2) is 0 Å². The zero-order valence-corrected chi connectivity index (χ0v) is 15.4. The van der Waals surface area contributed by atoms with Gasteiger partial charge in [-0.25, -0.2) is 13.1 Å². The van der Waals surface area contributed by atoms with E-state index < -0.39 is 37.6 Å². The first-order valence-electron chi connectivity index (χ1n) is 7.75. The Balaban J connectivity index is 1.86. The van der Waals surface area contributed by atoms with Crippen LogP contribution < -0.4 is 10.0 Å². The number of hydrogen-bond acceptors (Lipinski definition) is 4. The minimum Gasteiger partial charge on any atom is -0.469 e. The highest BCUT2D eigenvalue weighted by Crippen LogP contribution is 2.35. The third-order valence-corrected chi connectivity index (χ3v) is 5.26. The Morgan fingerprint density at radius 1 is 1.19 bits per heavy atom. The van der Waals surface area contributed by atoms with E-state index in [2.05, 4.69) is 10.0 Å². The predicted octanol–water partition coefficient (Wildman–Crippen LogP) is 2.98. The molecule has 0 aliphatic carbocycles. The number of carbonyl (C=O) groups excluding carboxylic acids is 1. The summed E-state index contributed by atoms with van der Waals surface area (Å²) in [5, 5.41) is 1.98. The summed E-state index contributed by atoms with van der Waals surface area (Å²) in [5.74, 6) is 0.288. The molecule has 0 bridgehead atoms. The number of carbonyl (C=O) groups is 1. The van der Waals surface area contributed by atoms with E-state index in [4.69, 9.17) is 16.0 Å². The van der Waals surface area contributed by atoms with Gasteiger partial charge >= 0.3 is 6.18 Å². The predicted molar refractivity (Wildman–Crippen MR) is 91.7 cm³/mol. The summed E-state index contributed by atoms with van der Waals surface area (Å²) < 4.78 is 69.9. The molecule has 0 aliphatic heterocycles. The van der Waals surface area contributed by atoms with Crippen molar-refractivity contribution < 1.29 is 30.8 Å². The number of rotatable bonds is 8. The number of hydrogen-bond donors (Lipinski definition) is 2. The van der Waals surface area contributed by atoms with E-state index in [1.165, 1.54) is 6.26 Å². The van der Waals surface area contributed by atoms with Crippen LogP contribution in [0.1, 0.15) is 17.7 Å². The summed E-state index contributed by atoms with van der Waals surface area (Å²) in [6, 6.07) is 5.74. The van der Waals surface area contributed by atoms with Crippen molar-refractivity contribution in [2.24, 2.45) is 0 Å². The second kappa shape index (κ2) is 8.77. The summed E-state index contributed by atoms with van der Waals surface area (Å²) in [4.78, 5) is 11.1. The van der Waals surface area contributed by atoms with Crippen LogP contribution in [-0.4, -0.2) is 27.4 Å². The number of furan rings is 1. The SMILES string of the molecule is O=C(CCNS(=O)(=O)c1ccc(Cl)c(C(F)(F)F)c1)NCCc1ccco1. The molecule has 2 aromatic rings. The zero-order valence-electron chi connectivity index (χ0n) is 13.8. The molecule has 0 spiro atoms. The highest BCUT2D eigenvalue weighted by molar-refractivity contribution is 7.89. The van der Waals surface area contributed by atoms with Crippen LogP contribution in [0.15, 0.2) is 45.9 Å². The maximum atomic E-state index is 12.8.